The topological polar surface area (TPSA) is 84.5 Å². The summed E-state index contributed by atoms with van der Waals surface area (Å²) in [7, 11) is -3.75. The second-order valence-electron chi connectivity index (χ2n) is 6.81. The number of hydrogen-bond donors (Lipinski definition) is 2. The van der Waals surface area contributed by atoms with Crippen molar-refractivity contribution in [2.75, 3.05) is 16.6 Å². The Morgan fingerprint density at radius 1 is 0.968 bits per heavy atom. The number of carbonyl (C=O) groups excluding carboxylic acids is 1. The van der Waals surface area contributed by atoms with Crippen molar-refractivity contribution in [1.29, 1.82) is 0 Å². The molecule has 0 saturated heterocycles. The van der Waals surface area contributed by atoms with Crippen molar-refractivity contribution >= 4 is 50.5 Å². The average Bonchev–Trinajstić information content (AvgIpc) is 2.73. The second-order valence-corrected chi connectivity index (χ2v) is 9.28. The van der Waals surface area contributed by atoms with E-state index in [0.717, 1.165) is 11.1 Å². The first kappa shape index (κ1) is 22.9. The number of nitrogens with one attached hydrogen (secondary N) is 2. The molecule has 2 N–H and O–H groups in total. The van der Waals surface area contributed by atoms with E-state index in [1.165, 1.54) is 24.3 Å². The fraction of sp³-hybridized carbons (Fsp3) is 0.136. The van der Waals surface area contributed by atoms with E-state index in [1.807, 2.05) is 19.9 Å². The Balaban J connectivity index is 1.61. The SMILES string of the molecule is Cc1ccc(NS(=O)(=O)c2ccc(OCC(=O)Nc3cccc(Cl)c3Cl)cc2)cc1C. The van der Waals surface area contributed by atoms with Crippen LogP contribution in [0.25, 0.3) is 0 Å². The van der Waals surface area contributed by atoms with E-state index in [2.05, 4.69) is 10.0 Å². The predicted molar refractivity (Wildman–Crippen MR) is 124 cm³/mol. The summed E-state index contributed by atoms with van der Waals surface area (Å²) >= 11 is 12.0. The molecule has 0 aliphatic heterocycles. The van der Waals surface area contributed by atoms with Crippen LogP contribution in [0, 0.1) is 13.8 Å². The molecule has 0 aliphatic rings. The molecule has 0 aliphatic carbocycles. The van der Waals surface area contributed by atoms with E-state index in [-0.39, 0.29) is 16.5 Å². The maximum absolute atomic E-state index is 12.6. The zero-order valence-electron chi connectivity index (χ0n) is 16.8. The largest absolute Gasteiger partial charge is 0.484 e. The predicted octanol–water partition coefficient (Wildman–Crippen LogP) is 5.43. The van der Waals surface area contributed by atoms with Gasteiger partial charge in [0.05, 0.1) is 20.6 Å². The number of benzene rings is 3. The molecule has 9 heteroatoms. The molecule has 3 rings (SSSR count). The van der Waals surface area contributed by atoms with Crippen LogP contribution in [0.5, 0.6) is 5.75 Å². The number of amides is 1. The van der Waals surface area contributed by atoms with Crippen LogP contribution in [-0.2, 0) is 14.8 Å². The third-order valence-corrected chi connectivity index (χ3v) is 6.70. The van der Waals surface area contributed by atoms with Crippen LogP contribution < -0.4 is 14.8 Å². The van der Waals surface area contributed by atoms with Crippen LogP contribution in [0.2, 0.25) is 10.0 Å². The van der Waals surface area contributed by atoms with Gasteiger partial charge in [-0.15, -0.1) is 0 Å². The monoisotopic (exact) mass is 478 g/mol. The lowest BCUT2D eigenvalue weighted by molar-refractivity contribution is -0.118. The van der Waals surface area contributed by atoms with E-state index in [0.29, 0.717) is 22.1 Å². The van der Waals surface area contributed by atoms with Gasteiger partial charge in [-0.05, 0) is 73.5 Å². The van der Waals surface area contributed by atoms with Crippen molar-refractivity contribution in [3.8, 4) is 5.75 Å². The fourth-order valence-corrected chi connectivity index (χ4v) is 4.07. The molecule has 0 radical (unpaired) electrons. The number of aryl methyl sites for hydroxylation is 2. The highest BCUT2D eigenvalue weighted by atomic mass is 35.5. The molecule has 0 aromatic heterocycles. The van der Waals surface area contributed by atoms with Crippen molar-refractivity contribution in [3.05, 3.63) is 81.8 Å². The molecule has 0 atom stereocenters. The van der Waals surface area contributed by atoms with Gasteiger partial charge in [-0.3, -0.25) is 9.52 Å². The van der Waals surface area contributed by atoms with Crippen molar-refractivity contribution < 1.29 is 17.9 Å². The van der Waals surface area contributed by atoms with Crippen LogP contribution in [0.3, 0.4) is 0 Å². The molecular weight excluding hydrogens is 459 g/mol. The number of ether oxygens (including phenoxy) is 1. The molecule has 31 heavy (non-hydrogen) atoms. The van der Waals surface area contributed by atoms with Gasteiger partial charge in [0.25, 0.3) is 15.9 Å². The number of hydrogen-bond acceptors (Lipinski definition) is 4. The zero-order valence-corrected chi connectivity index (χ0v) is 19.1. The minimum atomic E-state index is -3.75. The second kappa shape index (κ2) is 9.60. The summed E-state index contributed by atoms with van der Waals surface area (Å²) in [6.07, 6.45) is 0. The van der Waals surface area contributed by atoms with Gasteiger partial charge in [0.15, 0.2) is 6.61 Å². The van der Waals surface area contributed by atoms with Gasteiger partial charge in [-0.2, -0.15) is 0 Å². The Hall–Kier alpha value is -2.74. The minimum Gasteiger partial charge on any atom is -0.484 e. The van der Waals surface area contributed by atoms with Gasteiger partial charge < -0.3 is 10.1 Å². The zero-order chi connectivity index (χ0) is 22.6. The van der Waals surface area contributed by atoms with Gasteiger partial charge in [0.2, 0.25) is 0 Å². The number of halogens is 2. The smallest absolute Gasteiger partial charge is 0.262 e. The molecule has 0 fully saturated rings. The molecule has 0 bridgehead atoms. The third-order valence-electron chi connectivity index (χ3n) is 4.49. The van der Waals surface area contributed by atoms with Crippen molar-refractivity contribution in [1.82, 2.24) is 0 Å². The van der Waals surface area contributed by atoms with Gasteiger partial charge in [-0.25, -0.2) is 8.42 Å². The molecule has 3 aromatic rings. The van der Waals surface area contributed by atoms with Crippen LogP contribution in [-0.4, -0.2) is 20.9 Å². The maximum Gasteiger partial charge on any atom is 0.262 e. The molecule has 0 heterocycles. The first-order valence-corrected chi connectivity index (χ1v) is 11.5. The molecular formula is C22H20Cl2N2O4S. The van der Waals surface area contributed by atoms with Gasteiger partial charge in [-0.1, -0.05) is 35.3 Å². The normalized spacial score (nSPS) is 11.1. The quantitative estimate of drug-likeness (QED) is 0.474. The highest BCUT2D eigenvalue weighted by Crippen LogP contribution is 2.29. The molecule has 0 spiro atoms. The number of carbonyl (C=O) groups is 1. The van der Waals surface area contributed by atoms with E-state index in [9.17, 15) is 13.2 Å². The van der Waals surface area contributed by atoms with Crippen molar-refractivity contribution in [2.45, 2.75) is 18.7 Å². The van der Waals surface area contributed by atoms with Gasteiger partial charge in [0.1, 0.15) is 5.75 Å². The molecule has 0 saturated carbocycles. The van der Waals surface area contributed by atoms with Crippen LogP contribution in [0.15, 0.2) is 65.6 Å². The minimum absolute atomic E-state index is 0.0771. The first-order valence-electron chi connectivity index (χ1n) is 9.22. The molecule has 162 valence electrons. The fourth-order valence-electron chi connectivity index (χ4n) is 2.67. The molecule has 3 aromatic carbocycles. The Labute approximate surface area is 191 Å². The van der Waals surface area contributed by atoms with E-state index >= 15 is 0 Å². The maximum atomic E-state index is 12.6. The van der Waals surface area contributed by atoms with Crippen LogP contribution in [0.1, 0.15) is 11.1 Å². The number of anilines is 2. The highest BCUT2D eigenvalue weighted by Gasteiger charge is 2.15. The lowest BCUT2D eigenvalue weighted by Gasteiger charge is -2.11. The summed E-state index contributed by atoms with van der Waals surface area (Å²) < 4.78 is 33.2. The first-order chi connectivity index (χ1) is 14.7. The van der Waals surface area contributed by atoms with Crippen LogP contribution in [0.4, 0.5) is 11.4 Å². The number of sulfonamides is 1. The lowest BCUT2D eigenvalue weighted by Crippen LogP contribution is -2.20. The lowest BCUT2D eigenvalue weighted by atomic mass is 10.1. The highest BCUT2D eigenvalue weighted by molar-refractivity contribution is 7.92. The molecule has 1 amide bonds. The van der Waals surface area contributed by atoms with Crippen molar-refractivity contribution in [2.24, 2.45) is 0 Å². The summed E-state index contributed by atoms with van der Waals surface area (Å²) in [5, 5.41) is 3.17. The van der Waals surface area contributed by atoms with E-state index < -0.39 is 15.9 Å². The third kappa shape index (κ3) is 5.91. The Bertz CT molecular complexity index is 1210. The average molecular weight is 479 g/mol. The Morgan fingerprint density at radius 2 is 1.68 bits per heavy atom. The van der Waals surface area contributed by atoms with E-state index in [4.69, 9.17) is 27.9 Å². The van der Waals surface area contributed by atoms with Crippen molar-refractivity contribution in [3.63, 3.8) is 0 Å². The molecule has 6 nitrogen and oxygen atoms in total. The Kier molecular flexibility index (Phi) is 7.10. The standard InChI is InChI=1S/C22H20Cl2N2O4S/c1-14-6-7-16(12-15(14)2)26-31(28,29)18-10-8-17(9-11-18)30-13-21(27)25-20-5-3-4-19(23)22(20)24/h3-12,26H,13H2,1-2H3,(H,25,27). The Morgan fingerprint density at radius 3 is 2.35 bits per heavy atom. The van der Waals surface area contributed by atoms with E-state index in [1.54, 1.807) is 30.3 Å². The summed E-state index contributed by atoms with van der Waals surface area (Å²) in [5.41, 5.74) is 2.92. The number of rotatable bonds is 7. The van der Waals surface area contributed by atoms with Gasteiger partial charge in [0, 0.05) is 5.69 Å². The summed E-state index contributed by atoms with van der Waals surface area (Å²) in [6, 6.07) is 16.0. The van der Waals surface area contributed by atoms with Gasteiger partial charge >= 0.3 is 0 Å². The summed E-state index contributed by atoms with van der Waals surface area (Å²) in [4.78, 5) is 12.2. The molecule has 0 unspecified atom stereocenters. The van der Waals surface area contributed by atoms with Crippen LogP contribution >= 0.6 is 23.2 Å². The summed E-state index contributed by atoms with van der Waals surface area (Å²) in [5.74, 6) is -0.0882. The summed E-state index contributed by atoms with van der Waals surface area (Å²) in [6.45, 7) is 3.59.